The Bertz CT molecular complexity index is 367. The third-order valence-electron chi connectivity index (χ3n) is 3.77. The van der Waals surface area contributed by atoms with Gasteiger partial charge in [0.15, 0.2) is 0 Å². The standard InChI is InChI=1S/C15H28N2O/c1-7-17(8-2)10-11(3)16-9-15-12(4)13(5)18-14(15)6/h11,16H,7-10H2,1-6H3. The van der Waals surface area contributed by atoms with Gasteiger partial charge in [0.25, 0.3) is 0 Å². The van der Waals surface area contributed by atoms with E-state index in [0.29, 0.717) is 6.04 Å². The fraction of sp³-hybridized carbons (Fsp3) is 0.733. The molecule has 0 saturated heterocycles. The third kappa shape index (κ3) is 3.85. The smallest absolute Gasteiger partial charge is 0.105 e. The molecule has 1 rings (SSSR count). The summed E-state index contributed by atoms with van der Waals surface area (Å²) in [5.41, 5.74) is 2.61. The molecule has 3 nitrogen and oxygen atoms in total. The first kappa shape index (κ1) is 15.3. The second kappa shape index (κ2) is 6.95. The van der Waals surface area contributed by atoms with Crippen molar-refractivity contribution < 1.29 is 4.42 Å². The van der Waals surface area contributed by atoms with Crippen LogP contribution in [0.5, 0.6) is 0 Å². The van der Waals surface area contributed by atoms with Crippen LogP contribution in [0.3, 0.4) is 0 Å². The van der Waals surface area contributed by atoms with Gasteiger partial charge in [-0.25, -0.2) is 0 Å². The minimum atomic E-state index is 0.499. The molecule has 1 unspecified atom stereocenters. The highest BCUT2D eigenvalue weighted by Crippen LogP contribution is 2.20. The molecule has 18 heavy (non-hydrogen) atoms. The highest BCUT2D eigenvalue weighted by Gasteiger charge is 2.12. The van der Waals surface area contributed by atoms with Crippen LogP contribution in [0.25, 0.3) is 0 Å². The maximum absolute atomic E-state index is 5.65. The zero-order chi connectivity index (χ0) is 13.7. The van der Waals surface area contributed by atoms with Crippen molar-refractivity contribution in [3.05, 3.63) is 22.6 Å². The molecule has 0 aliphatic heterocycles. The van der Waals surface area contributed by atoms with E-state index < -0.39 is 0 Å². The zero-order valence-electron chi connectivity index (χ0n) is 12.8. The summed E-state index contributed by atoms with van der Waals surface area (Å²) in [5.74, 6) is 2.09. The summed E-state index contributed by atoms with van der Waals surface area (Å²) in [7, 11) is 0. The second-order valence-corrected chi connectivity index (χ2v) is 5.09. The molecule has 0 spiro atoms. The van der Waals surface area contributed by atoms with Gasteiger partial charge in [-0.15, -0.1) is 0 Å². The first-order chi connectivity index (χ1) is 8.49. The van der Waals surface area contributed by atoms with E-state index in [-0.39, 0.29) is 0 Å². The summed E-state index contributed by atoms with van der Waals surface area (Å²) < 4.78 is 5.65. The topological polar surface area (TPSA) is 28.4 Å². The van der Waals surface area contributed by atoms with E-state index in [0.717, 1.165) is 37.7 Å². The van der Waals surface area contributed by atoms with Gasteiger partial charge in [-0.3, -0.25) is 0 Å². The third-order valence-corrected chi connectivity index (χ3v) is 3.77. The molecule has 0 saturated carbocycles. The quantitative estimate of drug-likeness (QED) is 0.808. The lowest BCUT2D eigenvalue weighted by Gasteiger charge is -2.23. The Hall–Kier alpha value is -0.800. The van der Waals surface area contributed by atoms with Crippen LogP contribution in [-0.2, 0) is 6.54 Å². The number of hydrogen-bond acceptors (Lipinski definition) is 3. The molecule has 1 aromatic rings. The number of nitrogens with zero attached hydrogens (tertiary/aromatic N) is 1. The van der Waals surface area contributed by atoms with Gasteiger partial charge in [-0.2, -0.15) is 0 Å². The van der Waals surface area contributed by atoms with E-state index in [4.69, 9.17) is 4.42 Å². The monoisotopic (exact) mass is 252 g/mol. The molecule has 0 bridgehead atoms. The summed E-state index contributed by atoms with van der Waals surface area (Å²) in [6.45, 7) is 17.1. The van der Waals surface area contributed by atoms with E-state index >= 15 is 0 Å². The van der Waals surface area contributed by atoms with Crippen LogP contribution >= 0.6 is 0 Å². The average molecular weight is 252 g/mol. The van der Waals surface area contributed by atoms with Crippen LogP contribution in [0.1, 0.15) is 43.4 Å². The van der Waals surface area contributed by atoms with Crippen molar-refractivity contribution >= 4 is 0 Å². The van der Waals surface area contributed by atoms with Crippen molar-refractivity contribution in [3.63, 3.8) is 0 Å². The second-order valence-electron chi connectivity index (χ2n) is 5.09. The highest BCUT2D eigenvalue weighted by molar-refractivity contribution is 5.31. The lowest BCUT2D eigenvalue weighted by molar-refractivity contribution is 0.270. The zero-order valence-corrected chi connectivity index (χ0v) is 12.8. The molecule has 0 aromatic carbocycles. The van der Waals surface area contributed by atoms with Crippen molar-refractivity contribution in [2.75, 3.05) is 19.6 Å². The van der Waals surface area contributed by atoms with Crippen molar-refractivity contribution in [1.82, 2.24) is 10.2 Å². The van der Waals surface area contributed by atoms with Gasteiger partial charge in [-0.1, -0.05) is 13.8 Å². The number of aryl methyl sites for hydroxylation is 2. The Morgan fingerprint density at radius 1 is 1.11 bits per heavy atom. The Morgan fingerprint density at radius 3 is 2.17 bits per heavy atom. The Labute approximate surface area is 112 Å². The molecule has 0 aliphatic carbocycles. The predicted octanol–water partition coefficient (Wildman–Crippen LogP) is 3.02. The maximum atomic E-state index is 5.65. The minimum Gasteiger partial charge on any atom is -0.466 e. The summed E-state index contributed by atoms with van der Waals surface area (Å²) >= 11 is 0. The summed E-state index contributed by atoms with van der Waals surface area (Å²) in [6, 6.07) is 0.499. The van der Waals surface area contributed by atoms with Crippen LogP contribution in [0.4, 0.5) is 0 Å². The Morgan fingerprint density at radius 2 is 1.72 bits per heavy atom. The number of rotatable bonds is 7. The summed E-state index contributed by atoms with van der Waals surface area (Å²) in [5, 5.41) is 3.59. The predicted molar refractivity (Wildman–Crippen MR) is 77.0 cm³/mol. The van der Waals surface area contributed by atoms with Crippen LogP contribution in [-0.4, -0.2) is 30.6 Å². The molecule has 3 heteroatoms. The van der Waals surface area contributed by atoms with Crippen molar-refractivity contribution in [2.45, 2.75) is 54.1 Å². The molecule has 104 valence electrons. The SMILES string of the molecule is CCN(CC)CC(C)NCc1c(C)oc(C)c1C. The van der Waals surface area contributed by atoms with Gasteiger partial charge in [0, 0.05) is 24.7 Å². The molecule has 1 atom stereocenters. The van der Waals surface area contributed by atoms with E-state index in [9.17, 15) is 0 Å². The van der Waals surface area contributed by atoms with E-state index in [1.165, 1.54) is 11.1 Å². The first-order valence-corrected chi connectivity index (χ1v) is 7.00. The van der Waals surface area contributed by atoms with Gasteiger partial charge >= 0.3 is 0 Å². The molecule has 0 aliphatic rings. The molecule has 0 amide bonds. The van der Waals surface area contributed by atoms with Crippen molar-refractivity contribution in [1.29, 1.82) is 0 Å². The van der Waals surface area contributed by atoms with Gasteiger partial charge in [0.1, 0.15) is 11.5 Å². The van der Waals surface area contributed by atoms with Gasteiger partial charge in [0.2, 0.25) is 0 Å². The van der Waals surface area contributed by atoms with E-state index in [1.54, 1.807) is 0 Å². The van der Waals surface area contributed by atoms with Crippen molar-refractivity contribution in [2.24, 2.45) is 0 Å². The minimum absolute atomic E-state index is 0.499. The van der Waals surface area contributed by atoms with Crippen molar-refractivity contribution in [3.8, 4) is 0 Å². The summed E-state index contributed by atoms with van der Waals surface area (Å²) in [4.78, 5) is 2.44. The Kier molecular flexibility index (Phi) is 5.89. The lowest BCUT2D eigenvalue weighted by Crippen LogP contribution is -2.38. The fourth-order valence-corrected chi connectivity index (χ4v) is 2.31. The average Bonchev–Trinajstić information content (AvgIpc) is 2.58. The molecule has 0 radical (unpaired) electrons. The number of nitrogens with one attached hydrogen (secondary N) is 1. The van der Waals surface area contributed by atoms with Gasteiger partial charge in [0.05, 0.1) is 0 Å². The molecular weight excluding hydrogens is 224 g/mol. The van der Waals surface area contributed by atoms with Crippen LogP contribution in [0, 0.1) is 20.8 Å². The first-order valence-electron chi connectivity index (χ1n) is 7.00. The normalized spacial score (nSPS) is 13.3. The molecular formula is C15H28N2O. The van der Waals surface area contributed by atoms with Gasteiger partial charge in [-0.05, 0) is 46.3 Å². The molecule has 1 aromatic heterocycles. The van der Waals surface area contributed by atoms with Crippen LogP contribution < -0.4 is 5.32 Å². The van der Waals surface area contributed by atoms with Gasteiger partial charge < -0.3 is 14.6 Å². The maximum Gasteiger partial charge on any atom is 0.105 e. The Balaban J connectivity index is 2.49. The molecule has 1 heterocycles. The number of furan rings is 1. The van der Waals surface area contributed by atoms with E-state index in [2.05, 4.69) is 37.9 Å². The van der Waals surface area contributed by atoms with Crippen LogP contribution in [0.2, 0.25) is 0 Å². The number of hydrogen-bond donors (Lipinski definition) is 1. The molecule has 1 N–H and O–H groups in total. The summed E-state index contributed by atoms with van der Waals surface area (Å²) in [6.07, 6.45) is 0. The molecule has 0 fully saturated rings. The lowest BCUT2D eigenvalue weighted by atomic mass is 10.1. The van der Waals surface area contributed by atoms with Crippen LogP contribution in [0.15, 0.2) is 4.42 Å². The highest BCUT2D eigenvalue weighted by atomic mass is 16.3. The van der Waals surface area contributed by atoms with E-state index in [1.807, 2.05) is 13.8 Å². The number of likely N-dealkylation sites (N-methyl/N-ethyl adjacent to an activating group) is 1. The fourth-order valence-electron chi connectivity index (χ4n) is 2.31. The largest absolute Gasteiger partial charge is 0.466 e.